The summed E-state index contributed by atoms with van der Waals surface area (Å²) in [4.78, 5) is 28.4. The van der Waals surface area contributed by atoms with E-state index in [0.717, 1.165) is 17.1 Å². The second kappa shape index (κ2) is 9.26. The molecule has 0 bridgehead atoms. The van der Waals surface area contributed by atoms with Crippen molar-refractivity contribution in [2.75, 3.05) is 33.9 Å². The summed E-state index contributed by atoms with van der Waals surface area (Å²) >= 11 is 0. The van der Waals surface area contributed by atoms with Crippen molar-refractivity contribution in [3.05, 3.63) is 60.2 Å². The molecule has 1 aliphatic heterocycles. The monoisotopic (exact) mass is 382 g/mol. The van der Waals surface area contributed by atoms with Crippen LogP contribution in [-0.2, 0) is 16.1 Å². The fourth-order valence-electron chi connectivity index (χ4n) is 3.35. The minimum absolute atomic E-state index is 0.00444. The highest BCUT2D eigenvalue weighted by molar-refractivity contribution is 5.89. The Labute approximate surface area is 165 Å². The maximum Gasteiger partial charge on any atom is 0.228 e. The maximum atomic E-state index is 12.7. The van der Waals surface area contributed by atoms with Gasteiger partial charge in [0.1, 0.15) is 18.1 Å². The van der Waals surface area contributed by atoms with E-state index in [2.05, 4.69) is 0 Å². The smallest absolute Gasteiger partial charge is 0.228 e. The number of amides is 2. The lowest BCUT2D eigenvalue weighted by molar-refractivity contribution is -0.135. The van der Waals surface area contributed by atoms with E-state index in [4.69, 9.17) is 9.47 Å². The lowest BCUT2D eigenvalue weighted by atomic mass is 10.1. The number of carbonyl (C=O) groups excluding carboxylic acids is 2. The van der Waals surface area contributed by atoms with Crippen LogP contribution in [0.1, 0.15) is 12.0 Å². The fourth-order valence-corrected chi connectivity index (χ4v) is 3.35. The van der Waals surface area contributed by atoms with Gasteiger partial charge in [0, 0.05) is 26.6 Å². The maximum absolute atomic E-state index is 12.7. The zero-order valence-electron chi connectivity index (χ0n) is 16.3. The molecule has 0 aromatic heterocycles. The van der Waals surface area contributed by atoms with Crippen molar-refractivity contribution in [3.63, 3.8) is 0 Å². The third kappa shape index (κ3) is 5.03. The van der Waals surface area contributed by atoms with Crippen LogP contribution in [-0.4, -0.2) is 55.5 Å². The molecule has 6 heteroatoms. The van der Waals surface area contributed by atoms with Gasteiger partial charge in [0.05, 0.1) is 19.6 Å². The van der Waals surface area contributed by atoms with Crippen LogP contribution in [0, 0.1) is 5.92 Å². The standard InChI is InChI=1S/C22H26N2O4/c1-23(15-17-6-4-3-5-7-17)22(26)18-14-21(25)24(16-18)12-13-28-20-10-8-19(27-2)9-11-20/h3-11,18H,12-16H2,1-2H3. The Bertz CT molecular complexity index is 792. The lowest BCUT2D eigenvalue weighted by Gasteiger charge is -2.21. The summed E-state index contributed by atoms with van der Waals surface area (Å²) in [7, 11) is 3.40. The van der Waals surface area contributed by atoms with Gasteiger partial charge < -0.3 is 19.3 Å². The fraction of sp³-hybridized carbons (Fsp3) is 0.364. The van der Waals surface area contributed by atoms with Gasteiger partial charge in [0.2, 0.25) is 11.8 Å². The molecule has 1 unspecified atom stereocenters. The van der Waals surface area contributed by atoms with E-state index in [0.29, 0.717) is 26.2 Å². The van der Waals surface area contributed by atoms with E-state index in [1.807, 2.05) is 54.6 Å². The molecule has 1 fully saturated rings. The molecule has 0 radical (unpaired) electrons. The summed E-state index contributed by atoms with van der Waals surface area (Å²) in [5.41, 5.74) is 1.08. The quantitative estimate of drug-likeness (QED) is 0.704. The van der Waals surface area contributed by atoms with Crippen molar-refractivity contribution in [1.82, 2.24) is 9.80 Å². The van der Waals surface area contributed by atoms with E-state index < -0.39 is 0 Å². The van der Waals surface area contributed by atoms with Crippen LogP contribution in [0.3, 0.4) is 0 Å². The van der Waals surface area contributed by atoms with Crippen molar-refractivity contribution in [3.8, 4) is 11.5 Å². The molecule has 1 saturated heterocycles. The molecule has 0 N–H and O–H groups in total. The first-order chi connectivity index (χ1) is 13.6. The predicted octanol–water partition coefficient (Wildman–Crippen LogP) is 2.58. The van der Waals surface area contributed by atoms with Crippen molar-refractivity contribution < 1.29 is 19.1 Å². The number of carbonyl (C=O) groups is 2. The number of ether oxygens (including phenoxy) is 2. The predicted molar refractivity (Wildman–Crippen MR) is 106 cm³/mol. The summed E-state index contributed by atoms with van der Waals surface area (Å²) in [6.45, 7) is 1.85. The van der Waals surface area contributed by atoms with Gasteiger partial charge in [-0.1, -0.05) is 30.3 Å². The van der Waals surface area contributed by atoms with Crippen molar-refractivity contribution >= 4 is 11.8 Å². The summed E-state index contributed by atoms with van der Waals surface area (Å²) in [6.07, 6.45) is 0.264. The number of nitrogens with zero attached hydrogens (tertiary/aromatic N) is 2. The van der Waals surface area contributed by atoms with Gasteiger partial charge in [-0.3, -0.25) is 9.59 Å². The zero-order valence-corrected chi connectivity index (χ0v) is 16.3. The molecule has 2 aromatic rings. The van der Waals surface area contributed by atoms with Crippen molar-refractivity contribution in [2.45, 2.75) is 13.0 Å². The Kier molecular flexibility index (Phi) is 6.53. The van der Waals surface area contributed by atoms with E-state index in [9.17, 15) is 9.59 Å². The molecular weight excluding hydrogens is 356 g/mol. The third-order valence-electron chi connectivity index (χ3n) is 4.89. The van der Waals surface area contributed by atoms with Crippen molar-refractivity contribution in [1.29, 1.82) is 0 Å². The second-order valence-electron chi connectivity index (χ2n) is 6.94. The molecule has 6 nitrogen and oxygen atoms in total. The van der Waals surface area contributed by atoms with Crippen LogP contribution in [0.5, 0.6) is 11.5 Å². The Balaban J connectivity index is 1.46. The summed E-state index contributed by atoms with van der Waals surface area (Å²) in [5, 5.41) is 0. The first kappa shape index (κ1) is 19.7. The Morgan fingerprint density at radius 1 is 1.11 bits per heavy atom. The van der Waals surface area contributed by atoms with Crippen LogP contribution < -0.4 is 9.47 Å². The number of rotatable bonds is 8. The summed E-state index contributed by atoms with van der Waals surface area (Å²) in [6, 6.07) is 17.2. The molecule has 0 aliphatic carbocycles. The van der Waals surface area contributed by atoms with Gasteiger partial charge in [0.15, 0.2) is 0 Å². The van der Waals surface area contributed by atoms with Gasteiger partial charge >= 0.3 is 0 Å². The van der Waals surface area contributed by atoms with Gasteiger partial charge in [-0.2, -0.15) is 0 Å². The van der Waals surface area contributed by atoms with Crippen LogP contribution in [0.25, 0.3) is 0 Å². The number of methoxy groups -OCH3 is 1. The molecule has 28 heavy (non-hydrogen) atoms. The Morgan fingerprint density at radius 3 is 2.46 bits per heavy atom. The Hall–Kier alpha value is -3.02. The number of benzene rings is 2. The van der Waals surface area contributed by atoms with Crippen LogP contribution in [0.15, 0.2) is 54.6 Å². The number of hydrogen-bond donors (Lipinski definition) is 0. The molecule has 1 heterocycles. The zero-order chi connectivity index (χ0) is 19.9. The minimum atomic E-state index is -0.290. The first-order valence-corrected chi connectivity index (χ1v) is 9.40. The van der Waals surface area contributed by atoms with Gasteiger partial charge in [-0.05, 0) is 29.8 Å². The average molecular weight is 382 g/mol. The highest BCUT2D eigenvalue weighted by Crippen LogP contribution is 2.21. The van der Waals surface area contributed by atoms with E-state index in [-0.39, 0.29) is 24.2 Å². The number of likely N-dealkylation sites (tertiary alicyclic amines) is 1. The molecule has 0 saturated carbocycles. The molecule has 0 spiro atoms. The first-order valence-electron chi connectivity index (χ1n) is 9.40. The highest BCUT2D eigenvalue weighted by Gasteiger charge is 2.35. The topological polar surface area (TPSA) is 59.1 Å². The lowest BCUT2D eigenvalue weighted by Crippen LogP contribution is -2.35. The SMILES string of the molecule is COc1ccc(OCCN2CC(C(=O)N(C)Cc3ccccc3)CC2=O)cc1. The normalized spacial score (nSPS) is 16.1. The minimum Gasteiger partial charge on any atom is -0.497 e. The third-order valence-corrected chi connectivity index (χ3v) is 4.89. The van der Waals surface area contributed by atoms with E-state index in [1.54, 1.807) is 24.0 Å². The van der Waals surface area contributed by atoms with Gasteiger partial charge in [0.25, 0.3) is 0 Å². The van der Waals surface area contributed by atoms with Crippen LogP contribution >= 0.6 is 0 Å². The molecule has 2 aromatic carbocycles. The highest BCUT2D eigenvalue weighted by atomic mass is 16.5. The van der Waals surface area contributed by atoms with Crippen LogP contribution in [0.2, 0.25) is 0 Å². The molecule has 3 rings (SSSR count). The van der Waals surface area contributed by atoms with E-state index in [1.165, 1.54) is 0 Å². The molecule has 148 valence electrons. The van der Waals surface area contributed by atoms with Crippen LogP contribution in [0.4, 0.5) is 0 Å². The number of hydrogen-bond acceptors (Lipinski definition) is 4. The molecular formula is C22H26N2O4. The second-order valence-corrected chi connectivity index (χ2v) is 6.94. The summed E-state index contributed by atoms with van der Waals surface area (Å²) < 4.78 is 10.8. The van der Waals surface area contributed by atoms with Gasteiger partial charge in [-0.25, -0.2) is 0 Å². The molecule has 1 aliphatic rings. The summed E-state index contributed by atoms with van der Waals surface area (Å²) in [5.74, 6) is 1.22. The van der Waals surface area contributed by atoms with Crippen molar-refractivity contribution in [2.24, 2.45) is 5.92 Å². The van der Waals surface area contributed by atoms with E-state index >= 15 is 0 Å². The molecule has 1 atom stereocenters. The average Bonchev–Trinajstić information content (AvgIpc) is 3.09. The molecule has 2 amide bonds. The Morgan fingerprint density at radius 2 is 1.79 bits per heavy atom. The largest absolute Gasteiger partial charge is 0.497 e. The van der Waals surface area contributed by atoms with Gasteiger partial charge in [-0.15, -0.1) is 0 Å².